The Balaban J connectivity index is 0.000000856. The van der Waals surface area contributed by atoms with E-state index in [1.54, 1.807) is 0 Å². The first-order valence-corrected chi connectivity index (χ1v) is 18.0. The number of aliphatic carboxylic acids is 1. The summed E-state index contributed by atoms with van der Waals surface area (Å²) < 4.78 is 0. The molecule has 0 aliphatic rings. The second-order valence-corrected chi connectivity index (χ2v) is 13.7. The molecule has 0 aliphatic carbocycles. The number of nitrogens with one attached hydrogen (secondary N) is 1. The Hall–Kier alpha value is -4.74. The highest BCUT2D eigenvalue weighted by Gasteiger charge is 2.16. The third kappa shape index (κ3) is 20.0. The predicted octanol–water partition coefficient (Wildman–Crippen LogP) is 7.44. The molecule has 0 heterocycles. The van der Waals surface area contributed by atoms with E-state index in [0.29, 0.717) is 36.7 Å². The van der Waals surface area contributed by atoms with Gasteiger partial charge in [0.15, 0.2) is 0 Å². The van der Waals surface area contributed by atoms with Crippen molar-refractivity contribution in [2.75, 3.05) is 41.3 Å². The van der Waals surface area contributed by atoms with Crippen LogP contribution in [-0.4, -0.2) is 80.1 Å². The smallest absolute Gasteiger partial charge is 0.303 e. The van der Waals surface area contributed by atoms with Crippen molar-refractivity contribution in [2.24, 2.45) is 5.73 Å². The van der Waals surface area contributed by atoms with Gasteiger partial charge in [-0.05, 0) is 99.4 Å². The zero-order chi connectivity index (χ0) is 39.2. The quantitative estimate of drug-likeness (QED) is 0.113. The Labute approximate surface area is 341 Å². The number of carboxylic acid groups (broad SMARTS) is 1. The minimum Gasteiger partial charge on any atom is -0.481 e. The predicted molar refractivity (Wildman–Crippen MR) is 228 cm³/mol. The number of hydrogen-bond donors (Lipinski definition) is 3. The second kappa shape index (κ2) is 27.8. The molecule has 0 spiro atoms. The molecule has 0 aromatic heterocycles. The third-order valence-electron chi connectivity index (χ3n) is 9.09. The van der Waals surface area contributed by atoms with Gasteiger partial charge in [0.05, 0.1) is 29.7 Å². The van der Waals surface area contributed by atoms with Crippen LogP contribution in [0, 0.1) is 22.7 Å². The number of benzene rings is 4. The summed E-state index contributed by atoms with van der Waals surface area (Å²) in [6.07, 6.45) is 2.44. The highest BCUT2D eigenvalue weighted by atomic mass is 35.5. The number of nitrogens with two attached hydrogens (primary N) is 1. The molecule has 0 radical (unpaired) electrons. The molecule has 296 valence electrons. The normalized spacial score (nSPS) is 12.3. The lowest BCUT2D eigenvalue weighted by atomic mass is 9.97. The Bertz CT molecular complexity index is 1730. The monoisotopic (exact) mass is 788 g/mol. The summed E-state index contributed by atoms with van der Waals surface area (Å²) in [4.78, 5) is 27.0. The summed E-state index contributed by atoms with van der Waals surface area (Å²) in [7, 11) is 8.10. The maximum Gasteiger partial charge on any atom is 0.303 e. The van der Waals surface area contributed by atoms with Crippen LogP contribution < -0.4 is 11.1 Å². The number of hydrogen-bond acceptors (Lipinski definition) is 7. The zero-order valence-electron chi connectivity index (χ0n) is 32.9. The summed E-state index contributed by atoms with van der Waals surface area (Å²) in [5, 5.41) is 29.2. The number of halogens is 2. The number of amides is 1. The molecule has 4 aromatic rings. The minimum absolute atomic E-state index is 0. The van der Waals surface area contributed by atoms with Crippen LogP contribution in [0.4, 0.5) is 0 Å². The molecule has 0 saturated heterocycles. The van der Waals surface area contributed by atoms with Crippen molar-refractivity contribution >= 4 is 36.7 Å². The number of carbonyl (C=O) groups is 2. The van der Waals surface area contributed by atoms with Crippen LogP contribution in [0.1, 0.15) is 71.9 Å². The Morgan fingerprint density at radius 1 is 0.655 bits per heavy atom. The third-order valence-corrected chi connectivity index (χ3v) is 9.09. The summed E-state index contributed by atoms with van der Waals surface area (Å²) >= 11 is 0. The molecule has 55 heavy (non-hydrogen) atoms. The molecule has 0 aliphatic heterocycles. The van der Waals surface area contributed by atoms with Crippen molar-refractivity contribution < 1.29 is 14.7 Å². The van der Waals surface area contributed by atoms with Gasteiger partial charge in [0.25, 0.3) is 0 Å². The van der Waals surface area contributed by atoms with Crippen molar-refractivity contribution in [3.63, 3.8) is 0 Å². The van der Waals surface area contributed by atoms with Gasteiger partial charge in [0.2, 0.25) is 5.91 Å². The fourth-order valence-corrected chi connectivity index (χ4v) is 5.53. The van der Waals surface area contributed by atoms with Crippen LogP contribution in [0.25, 0.3) is 0 Å². The van der Waals surface area contributed by atoms with Crippen molar-refractivity contribution in [2.45, 2.75) is 63.5 Å². The number of carboxylic acids is 1. The fraction of sp³-hybridized carbons (Fsp3) is 0.364. The lowest BCUT2D eigenvalue weighted by molar-refractivity contribution is -0.137. The highest BCUT2D eigenvalue weighted by molar-refractivity contribution is 5.85. The van der Waals surface area contributed by atoms with Gasteiger partial charge in [-0.2, -0.15) is 10.5 Å². The Morgan fingerprint density at radius 3 is 1.38 bits per heavy atom. The number of nitrogens with zero attached hydrogens (tertiary/aromatic N) is 4. The van der Waals surface area contributed by atoms with Gasteiger partial charge < -0.3 is 26.0 Å². The molecular weight excluding hydrogens is 731 g/mol. The fourth-order valence-electron chi connectivity index (χ4n) is 5.53. The van der Waals surface area contributed by atoms with Gasteiger partial charge in [0, 0.05) is 31.6 Å². The van der Waals surface area contributed by atoms with Crippen molar-refractivity contribution in [3.8, 4) is 12.1 Å². The Kier molecular flexibility index (Phi) is 25.4. The first-order chi connectivity index (χ1) is 25.4. The largest absolute Gasteiger partial charge is 0.481 e. The molecule has 1 amide bonds. The molecule has 4 N–H and O–H groups in total. The molecule has 4 rings (SSSR count). The van der Waals surface area contributed by atoms with E-state index in [0.717, 1.165) is 24.0 Å². The number of likely N-dealkylation sites (N-methyl/N-ethyl adjacent to an activating group) is 2. The molecule has 4 atom stereocenters. The van der Waals surface area contributed by atoms with E-state index in [1.165, 1.54) is 11.1 Å². The maximum atomic E-state index is 12.3. The van der Waals surface area contributed by atoms with E-state index >= 15 is 0 Å². The number of carbonyl (C=O) groups excluding carboxylic acids is 1. The summed E-state index contributed by atoms with van der Waals surface area (Å²) in [5.74, 6) is -0.365. The molecule has 0 fully saturated rings. The summed E-state index contributed by atoms with van der Waals surface area (Å²) in [6.45, 7) is 5.25. The van der Waals surface area contributed by atoms with E-state index in [4.69, 9.17) is 21.4 Å². The first kappa shape index (κ1) is 50.3. The average Bonchev–Trinajstić information content (AvgIpc) is 3.16. The lowest BCUT2D eigenvalue weighted by Crippen LogP contribution is -2.41. The summed E-state index contributed by atoms with van der Waals surface area (Å²) in [6, 6.07) is 39.9. The second-order valence-electron chi connectivity index (χ2n) is 13.7. The van der Waals surface area contributed by atoms with Crippen LogP contribution >= 0.6 is 24.8 Å². The van der Waals surface area contributed by atoms with Crippen LogP contribution in [0.3, 0.4) is 0 Å². The van der Waals surface area contributed by atoms with Gasteiger partial charge in [-0.1, -0.05) is 98.8 Å². The van der Waals surface area contributed by atoms with E-state index in [-0.39, 0.29) is 55.0 Å². The van der Waals surface area contributed by atoms with Gasteiger partial charge >= 0.3 is 5.97 Å². The van der Waals surface area contributed by atoms with Gasteiger partial charge in [0.1, 0.15) is 0 Å². The molecule has 0 saturated carbocycles. The molecular formula is C44H58Cl2N6O3. The topological polar surface area (TPSA) is 146 Å². The average molecular weight is 790 g/mol. The lowest BCUT2D eigenvalue weighted by Gasteiger charge is -2.25. The molecule has 11 heteroatoms. The number of rotatable bonds is 15. The first-order valence-electron chi connectivity index (χ1n) is 18.0. The van der Waals surface area contributed by atoms with Crippen LogP contribution in [0.5, 0.6) is 0 Å². The zero-order valence-corrected chi connectivity index (χ0v) is 34.5. The highest BCUT2D eigenvalue weighted by Crippen LogP contribution is 2.19. The van der Waals surface area contributed by atoms with E-state index in [9.17, 15) is 9.59 Å². The van der Waals surface area contributed by atoms with Crippen molar-refractivity contribution in [1.29, 1.82) is 10.5 Å². The van der Waals surface area contributed by atoms with Crippen LogP contribution in [0.2, 0.25) is 0 Å². The standard InChI is InChI=1S/C22H27N3O.C12H17N3.C10H12O2.2ClH/c1-17(20-7-5-4-6-8-20)13-22(26)24-16-21(25(2)3)14-18-9-11-19(15-23)12-10-18;1-15(2)12(9-14)7-10-3-5-11(8-13)6-4-10;1-8(7-10(11)12)9-5-3-2-4-6-9;;/h4-12,17,21H,13-14,16H2,1-3H3,(H,24,26);3-6,12H,7,9,14H2,1-2H3;2-6,8H,7H2,1H3,(H,11,12);2*1H/t17-,21+;12-;8-;;/m101../s1. The molecule has 0 bridgehead atoms. The summed E-state index contributed by atoms with van der Waals surface area (Å²) in [5.41, 5.74) is 11.7. The van der Waals surface area contributed by atoms with E-state index in [1.807, 2.05) is 132 Å². The van der Waals surface area contributed by atoms with Gasteiger partial charge in [-0.15, -0.1) is 24.8 Å². The maximum absolute atomic E-state index is 12.3. The molecule has 4 aromatic carbocycles. The molecule has 0 unspecified atom stereocenters. The molecule has 9 nitrogen and oxygen atoms in total. The van der Waals surface area contributed by atoms with Crippen LogP contribution in [0.15, 0.2) is 109 Å². The van der Waals surface area contributed by atoms with E-state index < -0.39 is 5.97 Å². The Morgan fingerprint density at radius 2 is 1.04 bits per heavy atom. The van der Waals surface area contributed by atoms with E-state index in [2.05, 4.69) is 46.3 Å². The van der Waals surface area contributed by atoms with Crippen molar-refractivity contribution in [3.05, 3.63) is 143 Å². The van der Waals surface area contributed by atoms with Crippen LogP contribution in [-0.2, 0) is 22.4 Å². The van der Waals surface area contributed by atoms with Crippen molar-refractivity contribution in [1.82, 2.24) is 15.1 Å². The number of nitriles is 2. The minimum atomic E-state index is -0.744. The van der Waals surface area contributed by atoms with Gasteiger partial charge in [-0.3, -0.25) is 9.59 Å². The SMILES string of the molecule is CN(C)[C@H](CN)Cc1ccc(C#N)cc1.C[C@H](CC(=O)NC[C@H](Cc1ccc(C#N)cc1)N(C)C)c1ccccc1.C[C@H](CC(=O)O)c1ccccc1.Cl.Cl. The van der Waals surface area contributed by atoms with Gasteiger partial charge in [-0.25, -0.2) is 0 Å².